The number of nitrogens with zero attached hydrogens (tertiary/aromatic N) is 1. The summed E-state index contributed by atoms with van der Waals surface area (Å²) in [5.74, 6) is 0. The van der Waals surface area contributed by atoms with Crippen molar-refractivity contribution in [3.63, 3.8) is 0 Å². The molecule has 0 amide bonds. The van der Waals surface area contributed by atoms with Crippen molar-refractivity contribution in [2.45, 2.75) is 6.54 Å². The van der Waals surface area contributed by atoms with Gasteiger partial charge < -0.3 is 0 Å². The molecule has 1 aromatic rings. The van der Waals surface area contributed by atoms with E-state index < -0.39 is 10.0 Å². The van der Waals surface area contributed by atoms with E-state index >= 15 is 0 Å². The Morgan fingerprint density at radius 1 is 1.27 bits per heavy atom. The number of benzene rings is 1. The summed E-state index contributed by atoms with van der Waals surface area (Å²) in [5, 5.41) is 0.646. The first kappa shape index (κ1) is 12.7. The van der Waals surface area contributed by atoms with Gasteiger partial charge in [0, 0.05) is 18.4 Å². The third-order valence-electron chi connectivity index (χ3n) is 2.00. The van der Waals surface area contributed by atoms with Crippen molar-refractivity contribution in [1.82, 2.24) is 4.31 Å². The Bertz CT molecular complexity index is 391. The highest BCUT2D eigenvalue weighted by Crippen LogP contribution is 2.08. The number of alkyl halides is 1. The highest BCUT2D eigenvalue weighted by molar-refractivity contribution is 9.09. The molecule has 3 nitrogen and oxygen atoms in total. The molecule has 0 N–H and O–H groups in total. The van der Waals surface area contributed by atoms with Crippen LogP contribution in [0.1, 0.15) is 5.56 Å². The van der Waals surface area contributed by atoms with E-state index in [0.717, 1.165) is 5.56 Å². The lowest BCUT2D eigenvalue weighted by atomic mass is 10.2. The van der Waals surface area contributed by atoms with Gasteiger partial charge in [-0.05, 0) is 5.56 Å². The van der Waals surface area contributed by atoms with Crippen molar-refractivity contribution in [1.29, 1.82) is 0 Å². The Hall–Kier alpha value is -0.390. The predicted octanol–water partition coefficient (Wildman–Crippen LogP) is 1.84. The van der Waals surface area contributed by atoms with Crippen LogP contribution < -0.4 is 0 Å². The zero-order valence-corrected chi connectivity index (χ0v) is 11.0. The second-order valence-corrected chi connectivity index (χ2v) is 6.05. The van der Waals surface area contributed by atoms with Crippen LogP contribution in [0.3, 0.4) is 0 Å². The van der Waals surface area contributed by atoms with Crippen LogP contribution in [-0.4, -0.2) is 30.9 Å². The molecule has 0 heterocycles. The Morgan fingerprint density at radius 3 is 2.33 bits per heavy atom. The van der Waals surface area contributed by atoms with Crippen molar-refractivity contribution in [3.8, 4) is 0 Å². The second kappa shape index (κ2) is 5.63. The fraction of sp³-hybridized carbons (Fsp3) is 0.400. The lowest BCUT2D eigenvalue weighted by molar-refractivity contribution is 0.431. The normalized spacial score (nSPS) is 11.9. The smallest absolute Gasteiger partial charge is 0.211 e. The molecule has 0 atom stereocenters. The molecule has 5 heteroatoms. The second-order valence-electron chi connectivity index (χ2n) is 3.27. The molecule has 0 spiro atoms. The Morgan fingerprint density at radius 2 is 1.87 bits per heavy atom. The molecule has 0 saturated carbocycles. The highest BCUT2D eigenvalue weighted by Gasteiger charge is 2.15. The first-order valence-electron chi connectivity index (χ1n) is 4.59. The van der Waals surface area contributed by atoms with Crippen LogP contribution in [-0.2, 0) is 16.6 Å². The molecule has 0 aliphatic carbocycles. The molecule has 84 valence electrons. The summed E-state index contributed by atoms with van der Waals surface area (Å²) in [6.45, 7) is 0.930. The maximum absolute atomic E-state index is 11.4. The van der Waals surface area contributed by atoms with E-state index in [9.17, 15) is 8.42 Å². The minimum atomic E-state index is -3.12. The predicted molar refractivity (Wildman–Crippen MR) is 65.5 cm³/mol. The summed E-state index contributed by atoms with van der Waals surface area (Å²) in [5.41, 5.74) is 1.00. The lowest BCUT2D eigenvalue weighted by Crippen LogP contribution is -2.31. The van der Waals surface area contributed by atoms with Crippen molar-refractivity contribution >= 4 is 26.0 Å². The average Bonchev–Trinajstić information content (AvgIpc) is 2.17. The van der Waals surface area contributed by atoms with Gasteiger partial charge in [0.2, 0.25) is 10.0 Å². The van der Waals surface area contributed by atoms with E-state index in [0.29, 0.717) is 18.4 Å². The summed E-state index contributed by atoms with van der Waals surface area (Å²) in [4.78, 5) is 0. The summed E-state index contributed by atoms with van der Waals surface area (Å²) < 4.78 is 24.3. The largest absolute Gasteiger partial charge is 0.212 e. The molecule has 15 heavy (non-hydrogen) atoms. The lowest BCUT2D eigenvalue weighted by Gasteiger charge is -2.18. The molecular formula is C10H14BrNO2S. The van der Waals surface area contributed by atoms with E-state index in [1.807, 2.05) is 30.3 Å². The van der Waals surface area contributed by atoms with Gasteiger partial charge in [-0.3, -0.25) is 0 Å². The maximum Gasteiger partial charge on any atom is 0.211 e. The molecular weight excluding hydrogens is 278 g/mol. The SMILES string of the molecule is CS(=O)(=O)N(CCBr)Cc1ccccc1. The molecule has 0 aliphatic rings. The highest BCUT2D eigenvalue weighted by atomic mass is 79.9. The van der Waals surface area contributed by atoms with Crippen LogP contribution in [0.2, 0.25) is 0 Å². The van der Waals surface area contributed by atoms with Crippen LogP contribution in [0.25, 0.3) is 0 Å². The Labute approximate surface area is 99.3 Å². The van der Waals surface area contributed by atoms with Gasteiger partial charge >= 0.3 is 0 Å². The minimum Gasteiger partial charge on any atom is -0.212 e. The fourth-order valence-electron chi connectivity index (χ4n) is 1.24. The number of halogens is 1. The Kier molecular flexibility index (Phi) is 4.76. The molecule has 0 aliphatic heterocycles. The monoisotopic (exact) mass is 291 g/mol. The van der Waals surface area contributed by atoms with Gasteiger partial charge in [-0.15, -0.1) is 0 Å². The molecule has 0 bridgehead atoms. The van der Waals surface area contributed by atoms with E-state index in [4.69, 9.17) is 0 Å². The molecule has 0 saturated heterocycles. The van der Waals surface area contributed by atoms with Crippen LogP contribution in [0.5, 0.6) is 0 Å². The molecule has 0 unspecified atom stereocenters. The zero-order chi connectivity index (χ0) is 11.3. The molecule has 0 aromatic heterocycles. The van der Waals surface area contributed by atoms with Gasteiger partial charge in [0.15, 0.2) is 0 Å². The fourth-order valence-corrected chi connectivity index (χ4v) is 2.71. The quantitative estimate of drug-likeness (QED) is 0.777. The first-order chi connectivity index (χ1) is 7.04. The van der Waals surface area contributed by atoms with Crippen LogP contribution in [0.4, 0.5) is 0 Å². The number of rotatable bonds is 5. The summed E-state index contributed by atoms with van der Waals surface area (Å²) in [7, 11) is -3.12. The summed E-state index contributed by atoms with van der Waals surface area (Å²) in [6, 6.07) is 9.57. The van der Waals surface area contributed by atoms with Crippen molar-refractivity contribution in [2.75, 3.05) is 18.1 Å². The number of hydrogen-bond acceptors (Lipinski definition) is 2. The molecule has 0 fully saturated rings. The standard InChI is InChI=1S/C10H14BrNO2S/c1-15(13,14)12(8-7-11)9-10-5-3-2-4-6-10/h2-6H,7-9H2,1H3. The average molecular weight is 292 g/mol. The van der Waals surface area contributed by atoms with Crippen molar-refractivity contribution in [3.05, 3.63) is 35.9 Å². The van der Waals surface area contributed by atoms with Crippen molar-refractivity contribution in [2.24, 2.45) is 0 Å². The van der Waals surface area contributed by atoms with E-state index in [-0.39, 0.29) is 0 Å². The molecule has 0 radical (unpaired) electrons. The number of sulfonamides is 1. The van der Waals surface area contributed by atoms with Gasteiger partial charge in [-0.25, -0.2) is 8.42 Å². The van der Waals surface area contributed by atoms with E-state index in [1.54, 1.807) is 0 Å². The van der Waals surface area contributed by atoms with Gasteiger partial charge in [0.05, 0.1) is 6.26 Å². The van der Waals surface area contributed by atoms with Gasteiger partial charge in [0.1, 0.15) is 0 Å². The molecule has 1 rings (SSSR count). The van der Waals surface area contributed by atoms with Crippen molar-refractivity contribution < 1.29 is 8.42 Å². The maximum atomic E-state index is 11.4. The van der Waals surface area contributed by atoms with E-state index in [2.05, 4.69) is 15.9 Å². The van der Waals surface area contributed by atoms with Crippen LogP contribution in [0.15, 0.2) is 30.3 Å². The van der Waals surface area contributed by atoms with Gasteiger partial charge in [-0.2, -0.15) is 4.31 Å². The number of hydrogen-bond donors (Lipinski definition) is 0. The minimum absolute atomic E-state index is 0.436. The van der Waals surface area contributed by atoms with Gasteiger partial charge in [-0.1, -0.05) is 46.3 Å². The first-order valence-corrected chi connectivity index (χ1v) is 7.56. The zero-order valence-electron chi connectivity index (χ0n) is 8.56. The van der Waals surface area contributed by atoms with Crippen LogP contribution in [0, 0.1) is 0 Å². The third kappa shape index (κ3) is 4.32. The van der Waals surface area contributed by atoms with E-state index in [1.165, 1.54) is 10.6 Å². The third-order valence-corrected chi connectivity index (χ3v) is 3.61. The van der Waals surface area contributed by atoms with Crippen LogP contribution >= 0.6 is 15.9 Å². The Balaban J connectivity index is 2.76. The molecule has 1 aromatic carbocycles. The topological polar surface area (TPSA) is 37.4 Å². The van der Waals surface area contributed by atoms with Gasteiger partial charge in [0.25, 0.3) is 0 Å². The summed E-state index contributed by atoms with van der Waals surface area (Å²) >= 11 is 3.25. The summed E-state index contributed by atoms with van der Waals surface area (Å²) in [6.07, 6.45) is 1.23.